The topological polar surface area (TPSA) is 75.3 Å². The summed E-state index contributed by atoms with van der Waals surface area (Å²) in [6.45, 7) is 1.58. The molecule has 0 aliphatic heterocycles. The summed E-state index contributed by atoms with van der Waals surface area (Å²) in [7, 11) is 0. The highest BCUT2D eigenvalue weighted by molar-refractivity contribution is 8.00. The molecule has 4 N–H and O–H groups in total. The molecule has 4 nitrogen and oxygen atoms in total. The van der Waals surface area contributed by atoms with Crippen LogP contribution < -0.4 is 11.1 Å². The maximum absolute atomic E-state index is 10.9. The summed E-state index contributed by atoms with van der Waals surface area (Å²) in [4.78, 5) is 12.0. The Morgan fingerprint density at radius 1 is 1.47 bits per heavy atom. The molecular weight excluding hydrogens is 260 g/mol. The molecule has 0 radical (unpaired) electrons. The third-order valence-electron chi connectivity index (χ3n) is 3.24. The van der Waals surface area contributed by atoms with E-state index in [4.69, 9.17) is 5.73 Å². The Labute approximate surface area is 117 Å². The van der Waals surface area contributed by atoms with Gasteiger partial charge in [-0.05, 0) is 43.0 Å². The summed E-state index contributed by atoms with van der Waals surface area (Å²) < 4.78 is 0. The summed E-state index contributed by atoms with van der Waals surface area (Å²) in [5, 5.41) is 12.2. The first-order chi connectivity index (χ1) is 9.10. The molecule has 2 unspecified atom stereocenters. The number of amides is 1. The standard InChI is InChI=1S/C14H20N2O2S/c1-9(18)16-11-4-6-12(7-5-11)19-13(8-17)14(15)10-2-3-10/h4-7,10,13-14,17H,2-3,8,15H2,1H3,(H,16,18). The van der Waals surface area contributed by atoms with Crippen molar-refractivity contribution in [3.8, 4) is 0 Å². The molecule has 0 aromatic heterocycles. The van der Waals surface area contributed by atoms with Gasteiger partial charge in [-0.1, -0.05) is 0 Å². The number of carbonyl (C=O) groups excluding carboxylic acids is 1. The van der Waals surface area contributed by atoms with Crippen molar-refractivity contribution < 1.29 is 9.90 Å². The highest BCUT2D eigenvalue weighted by atomic mass is 32.2. The zero-order valence-electron chi connectivity index (χ0n) is 11.0. The molecule has 1 fully saturated rings. The Balaban J connectivity index is 1.95. The SMILES string of the molecule is CC(=O)Nc1ccc(SC(CO)C(N)C2CC2)cc1. The van der Waals surface area contributed by atoms with E-state index >= 15 is 0 Å². The maximum atomic E-state index is 10.9. The smallest absolute Gasteiger partial charge is 0.221 e. The van der Waals surface area contributed by atoms with Crippen LogP contribution in [-0.2, 0) is 4.79 Å². The molecule has 1 amide bonds. The van der Waals surface area contributed by atoms with Crippen LogP contribution in [0, 0.1) is 5.92 Å². The highest BCUT2D eigenvalue weighted by Gasteiger charge is 2.34. The number of hydrogen-bond acceptors (Lipinski definition) is 4. The average molecular weight is 280 g/mol. The van der Waals surface area contributed by atoms with Gasteiger partial charge in [0.25, 0.3) is 0 Å². The average Bonchev–Trinajstić information content (AvgIpc) is 3.20. The monoisotopic (exact) mass is 280 g/mol. The van der Waals surface area contributed by atoms with Crippen molar-refractivity contribution >= 4 is 23.4 Å². The minimum absolute atomic E-state index is 0.0408. The maximum Gasteiger partial charge on any atom is 0.221 e. The van der Waals surface area contributed by atoms with Crippen LogP contribution in [0.4, 0.5) is 5.69 Å². The van der Waals surface area contributed by atoms with E-state index in [-0.39, 0.29) is 23.8 Å². The van der Waals surface area contributed by atoms with Gasteiger partial charge in [0.05, 0.1) is 6.61 Å². The van der Waals surface area contributed by atoms with Crippen molar-refractivity contribution in [2.24, 2.45) is 11.7 Å². The first-order valence-corrected chi connectivity index (χ1v) is 7.39. The number of thioether (sulfide) groups is 1. The number of nitrogens with one attached hydrogen (secondary N) is 1. The molecule has 0 heterocycles. The van der Waals surface area contributed by atoms with Gasteiger partial charge >= 0.3 is 0 Å². The van der Waals surface area contributed by atoms with Crippen molar-refractivity contribution in [1.29, 1.82) is 0 Å². The van der Waals surface area contributed by atoms with Crippen molar-refractivity contribution in [2.45, 2.75) is 36.0 Å². The quantitative estimate of drug-likeness (QED) is 0.695. The fraction of sp³-hybridized carbons (Fsp3) is 0.500. The summed E-state index contributed by atoms with van der Waals surface area (Å²) in [6.07, 6.45) is 2.36. The molecule has 104 valence electrons. The Morgan fingerprint density at radius 3 is 2.58 bits per heavy atom. The minimum Gasteiger partial charge on any atom is -0.395 e. The molecule has 1 aromatic rings. The van der Waals surface area contributed by atoms with Crippen LogP contribution in [0.3, 0.4) is 0 Å². The highest BCUT2D eigenvalue weighted by Crippen LogP contribution is 2.37. The van der Waals surface area contributed by atoms with Crippen LogP contribution in [0.5, 0.6) is 0 Å². The van der Waals surface area contributed by atoms with Crippen molar-refractivity contribution in [3.05, 3.63) is 24.3 Å². The molecule has 1 aliphatic rings. The number of aliphatic hydroxyl groups excluding tert-OH is 1. The zero-order chi connectivity index (χ0) is 13.8. The normalized spacial score (nSPS) is 17.8. The van der Waals surface area contributed by atoms with Crippen LogP contribution in [0.15, 0.2) is 29.2 Å². The largest absolute Gasteiger partial charge is 0.395 e. The lowest BCUT2D eigenvalue weighted by molar-refractivity contribution is -0.114. The molecule has 2 atom stereocenters. The molecule has 0 saturated heterocycles. The number of anilines is 1. The first kappa shape index (κ1) is 14.4. The second-order valence-electron chi connectivity index (χ2n) is 4.96. The van der Waals surface area contributed by atoms with Crippen molar-refractivity contribution in [2.75, 3.05) is 11.9 Å². The third kappa shape index (κ3) is 4.23. The number of nitrogens with two attached hydrogens (primary N) is 1. The van der Waals surface area contributed by atoms with Gasteiger partial charge in [0.2, 0.25) is 5.91 Å². The van der Waals surface area contributed by atoms with Gasteiger partial charge in [-0.15, -0.1) is 11.8 Å². The third-order valence-corrected chi connectivity index (χ3v) is 4.55. The van der Waals surface area contributed by atoms with E-state index < -0.39 is 0 Å². The van der Waals surface area contributed by atoms with Crippen LogP contribution in [0.25, 0.3) is 0 Å². The predicted molar refractivity (Wildman–Crippen MR) is 78.2 cm³/mol. The Kier molecular flexibility index (Phi) is 4.85. The summed E-state index contributed by atoms with van der Waals surface area (Å²) in [6, 6.07) is 7.67. The first-order valence-electron chi connectivity index (χ1n) is 6.51. The van der Waals surface area contributed by atoms with E-state index in [1.165, 1.54) is 19.8 Å². The number of benzene rings is 1. The van der Waals surface area contributed by atoms with E-state index in [1.54, 1.807) is 11.8 Å². The van der Waals surface area contributed by atoms with Crippen LogP contribution in [0.1, 0.15) is 19.8 Å². The second-order valence-corrected chi connectivity index (χ2v) is 6.27. The lowest BCUT2D eigenvalue weighted by Gasteiger charge is -2.21. The molecule has 1 aliphatic carbocycles. The second kappa shape index (κ2) is 6.41. The van der Waals surface area contributed by atoms with Gasteiger partial charge in [0, 0.05) is 28.8 Å². The lowest BCUT2D eigenvalue weighted by atomic mass is 10.1. The number of carbonyl (C=O) groups is 1. The Bertz CT molecular complexity index is 432. The van der Waals surface area contributed by atoms with E-state index in [0.29, 0.717) is 5.92 Å². The fourth-order valence-electron chi connectivity index (χ4n) is 2.02. The van der Waals surface area contributed by atoms with Crippen LogP contribution >= 0.6 is 11.8 Å². The molecular formula is C14H20N2O2S. The van der Waals surface area contributed by atoms with Gasteiger partial charge in [-0.2, -0.15) is 0 Å². The zero-order valence-corrected chi connectivity index (χ0v) is 11.8. The Morgan fingerprint density at radius 2 is 2.11 bits per heavy atom. The summed E-state index contributed by atoms with van der Waals surface area (Å²) >= 11 is 1.61. The molecule has 1 aromatic carbocycles. The van der Waals surface area contributed by atoms with E-state index in [9.17, 15) is 9.90 Å². The molecule has 5 heteroatoms. The Hall–Kier alpha value is -1.04. The van der Waals surface area contributed by atoms with Gasteiger partial charge in [-0.25, -0.2) is 0 Å². The molecule has 1 saturated carbocycles. The molecule has 0 bridgehead atoms. The molecule has 0 spiro atoms. The van der Waals surface area contributed by atoms with Crippen LogP contribution in [-0.4, -0.2) is 28.9 Å². The van der Waals surface area contributed by atoms with Crippen LogP contribution in [0.2, 0.25) is 0 Å². The van der Waals surface area contributed by atoms with Gasteiger partial charge < -0.3 is 16.2 Å². The molecule has 19 heavy (non-hydrogen) atoms. The minimum atomic E-state index is -0.0793. The number of aliphatic hydroxyl groups is 1. The number of hydrogen-bond donors (Lipinski definition) is 3. The summed E-state index contributed by atoms with van der Waals surface area (Å²) in [5.74, 6) is 0.493. The van der Waals surface area contributed by atoms with Crippen molar-refractivity contribution in [3.63, 3.8) is 0 Å². The van der Waals surface area contributed by atoms with E-state index in [0.717, 1.165) is 10.6 Å². The predicted octanol–water partition coefficient (Wildman–Crippen LogP) is 1.84. The molecule has 2 rings (SSSR count). The van der Waals surface area contributed by atoms with Gasteiger partial charge in [0.1, 0.15) is 0 Å². The van der Waals surface area contributed by atoms with Gasteiger partial charge in [-0.3, -0.25) is 4.79 Å². The van der Waals surface area contributed by atoms with E-state index in [1.807, 2.05) is 24.3 Å². The lowest BCUT2D eigenvalue weighted by Crippen LogP contribution is -2.36. The van der Waals surface area contributed by atoms with E-state index in [2.05, 4.69) is 5.32 Å². The van der Waals surface area contributed by atoms with Crippen molar-refractivity contribution in [1.82, 2.24) is 0 Å². The number of rotatable bonds is 6. The summed E-state index contributed by atoms with van der Waals surface area (Å²) in [5.41, 5.74) is 6.92. The fourth-order valence-corrected chi connectivity index (χ4v) is 3.11. The van der Waals surface area contributed by atoms with Gasteiger partial charge in [0.15, 0.2) is 0 Å².